The molecule has 0 saturated carbocycles. The minimum atomic E-state index is 0.765. The Hall–Kier alpha value is -2.10. The molecule has 1 saturated heterocycles. The predicted octanol–water partition coefficient (Wildman–Crippen LogP) is 4.62. The van der Waals surface area contributed by atoms with Crippen molar-refractivity contribution in [3.8, 4) is 0 Å². The molecule has 1 fully saturated rings. The second-order valence-corrected chi connectivity index (χ2v) is 7.34. The van der Waals surface area contributed by atoms with Crippen molar-refractivity contribution in [3.05, 3.63) is 71.8 Å². The Kier molecular flexibility index (Phi) is 7.94. The smallest absolute Gasteiger partial charge is 0.127 e. The van der Waals surface area contributed by atoms with Crippen molar-refractivity contribution < 1.29 is 4.74 Å². The largest absolute Gasteiger partial charge is 0.493 e. The summed E-state index contributed by atoms with van der Waals surface area (Å²) in [6.07, 6.45) is 5.70. The maximum atomic E-state index is 6.20. The maximum Gasteiger partial charge on any atom is 0.127 e. The van der Waals surface area contributed by atoms with E-state index >= 15 is 0 Å². The lowest BCUT2D eigenvalue weighted by Crippen LogP contribution is -2.29. The van der Waals surface area contributed by atoms with Gasteiger partial charge in [-0.25, -0.2) is 0 Å². The highest BCUT2D eigenvalue weighted by Crippen LogP contribution is 2.20. The molecule has 0 unspecified atom stereocenters. The summed E-state index contributed by atoms with van der Waals surface area (Å²) >= 11 is 0. The third-order valence-electron chi connectivity index (χ3n) is 5.09. The average molecular weight is 365 g/mol. The molecule has 1 aliphatic rings. The molecule has 3 heteroatoms. The Morgan fingerprint density at radius 3 is 2.41 bits per heavy atom. The van der Waals surface area contributed by atoms with E-state index in [9.17, 15) is 0 Å². The lowest BCUT2D eigenvalue weighted by molar-refractivity contribution is 0.239. The monoisotopic (exact) mass is 364 g/mol. The van der Waals surface area contributed by atoms with Crippen LogP contribution in [-0.2, 0) is 4.74 Å². The van der Waals surface area contributed by atoms with Crippen molar-refractivity contribution in [3.63, 3.8) is 0 Å². The molecule has 0 amide bonds. The van der Waals surface area contributed by atoms with Crippen LogP contribution >= 0.6 is 0 Å². The zero-order valence-electron chi connectivity index (χ0n) is 16.5. The number of nitrogens with zero attached hydrogens (tertiary/aromatic N) is 2. The third-order valence-corrected chi connectivity index (χ3v) is 5.09. The zero-order chi connectivity index (χ0) is 18.7. The fraction of sp³-hybridized carbons (Fsp3) is 0.417. The van der Waals surface area contributed by atoms with Gasteiger partial charge in [0.05, 0.1) is 6.61 Å². The van der Waals surface area contributed by atoms with Crippen LogP contribution in [0.5, 0.6) is 0 Å². The summed E-state index contributed by atoms with van der Waals surface area (Å²) < 4.78 is 6.20. The Balaban J connectivity index is 1.49. The van der Waals surface area contributed by atoms with E-state index in [-0.39, 0.29) is 0 Å². The fourth-order valence-electron chi connectivity index (χ4n) is 3.45. The van der Waals surface area contributed by atoms with E-state index in [1.807, 2.05) is 12.1 Å². The highest BCUT2D eigenvalue weighted by molar-refractivity contribution is 5.77. The van der Waals surface area contributed by atoms with Gasteiger partial charge >= 0.3 is 0 Å². The van der Waals surface area contributed by atoms with E-state index in [2.05, 4.69) is 71.5 Å². The van der Waals surface area contributed by atoms with Crippen LogP contribution in [0.1, 0.15) is 30.4 Å². The molecule has 1 heterocycles. The molecule has 144 valence electrons. The van der Waals surface area contributed by atoms with Crippen molar-refractivity contribution in [1.82, 2.24) is 9.80 Å². The number of benzene rings is 2. The molecule has 0 spiro atoms. The van der Waals surface area contributed by atoms with Crippen LogP contribution in [0.2, 0.25) is 0 Å². The summed E-state index contributed by atoms with van der Waals surface area (Å²) in [5.41, 5.74) is 2.31. The predicted molar refractivity (Wildman–Crippen MR) is 114 cm³/mol. The van der Waals surface area contributed by atoms with Crippen molar-refractivity contribution in [2.45, 2.75) is 19.3 Å². The van der Waals surface area contributed by atoms with Gasteiger partial charge in [0, 0.05) is 18.7 Å². The molecular weight excluding hydrogens is 332 g/mol. The number of unbranched alkanes of at least 4 members (excludes halogenated alkanes) is 1. The summed E-state index contributed by atoms with van der Waals surface area (Å²) in [4.78, 5) is 5.03. The highest BCUT2D eigenvalue weighted by Gasteiger charge is 2.11. The van der Waals surface area contributed by atoms with E-state index in [1.165, 1.54) is 51.1 Å². The Morgan fingerprint density at radius 2 is 1.63 bits per heavy atom. The normalized spacial score (nSPS) is 16.9. The molecule has 0 bridgehead atoms. The first-order valence-corrected chi connectivity index (χ1v) is 10.2. The molecule has 1 aliphatic heterocycles. The number of hydrogen-bond acceptors (Lipinski definition) is 3. The van der Waals surface area contributed by atoms with Crippen LogP contribution in [0.3, 0.4) is 0 Å². The van der Waals surface area contributed by atoms with Gasteiger partial charge in [-0.3, -0.25) is 0 Å². The highest BCUT2D eigenvalue weighted by atomic mass is 16.5. The first-order chi connectivity index (χ1) is 13.3. The average Bonchev–Trinajstić information content (AvgIpc) is 2.92. The minimum absolute atomic E-state index is 0.765. The molecule has 3 rings (SSSR count). The lowest BCUT2D eigenvalue weighted by Gasteiger charge is -2.20. The number of likely N-dealkylation sites (N-methyl/N-ethyl adjacent to an activating group) is 1. The molecule has 0 aliphatic carbocycles. The van der Waals surface area contributed by atoms with Crippen molar-refractivity contribution in [2.24, 2.45) is 0 Å². The van der Waals surface area contributed by atoms with E-state index in [0.717, 1.165) is 24.4 Å². The van der Waals surface area contributed by atoms with Crippen LogP contribution in [0.25, 0.3) is 11.8 Å². The number of hydrogen-bond donors (Lipinski definition) is 0. The van der Waals surface area contributed by atoms with Crippen LogP contribution in [0.15, 0.2) is 60.7 Å². The van der Waals surface area contributed by atoms with E-state index in [4.69, 9.17) is 4.74 Å². The summed E-state index contributed by atoms with van der Waals surface area (Å²) in [5.74, 6) is 0.957. The van der Waals surface area contributed by atoms with Gasteiger partial charge in [0.25, 0.3) is 0 Å². The van der Waals surface area contributed by atoms with E-state index < -0.39 is 0 Å². The Bertz CT molecular complexity index is 684. The number of rotatable bonds is 8. The van der Waals surface area contributed by atoms with Gasteiger partial charge in [-0.2, -0.15) is 0 Å². The van der Waals surface area contributed by atoms with Gasteiger partial charge in [0.1, 0.15) is 5.76 Å². The van der Waals surface area contributed by atoms with Gasteiger partial charge in [-0.05, 0) is 57.6 Å². The van der Waals surface area contributed by atoms with Gasteiger partial charge in [0.15, 0.2) is 0 Å². The second kappa shape index (κ2) is 10.9. The van der Waals surface area contributed by atoms with Crippen LogP contribution in [0, 0.1) is 0 Å². The fourth-order valence-corrected chi connectivity index (χ4v) is 3.45. The number of ether oxygens (including phenoxy) is 1. The second-order valence-electron chi connectivity index (χ2n) is 7.34. The molecule has 27 heavy (non-hydrogen) atoms. The van der Waals surface area contributed by atoms with Gasteiger partial charge < -0.3 is 14.5 Å². The summed E-state index contributed by atoms with van der Waals surface area (Å²) in [6, 6.07) is 20.8. The third kappa shape index (κ3) is 6.85. The van der Waals surface area contributed by atoms with E-state index in [0.29, 0.717) is 0 Å². The summed E-state index contributed by atoms with van der Waals surface area (Å²) in [5, 5.41) is 0. The standard InChI is InChI=1S/C24H32N2O/c1-25-15-10-17-26(19-18-25)16-8-9-20-27-24(23-13-6-3-7-14-23)21-22-11-4-2-5-12-22/h2-7,11-14,21H,8-10,15-20H2,1H3. The SMILES string of the molecule is CN1CCCN(CCCCOC(=Cc2ccccc2)c2ccccc2)CC1. The van der Waals surface area contributed by atoms with Crippen molar-refractivity contribution >= 4 is 11.8 Å². The molecule has 0 radical (unpaired) electrons. The quantitative estimate of drug-likeness (QED) is 0.386. The molecule has 3 nitrogen and oxygen atoms in total. The van der Waals surface area contributed by atoms with Gasteiger partial charge in [-0.15, -0.1) is 0 Å². The summed E-state index contributed by atoms with van der Waals surface area (Å²) in [7, 11) is 2.22. The lowest BCUT2D eigenvalue weighted by atomic mass is 10.1. The van der Waals surface area contributed by atoms with Crippen LogP contribution < -0.4 is 0 Å². The molecule has 2 aromatic carbocycles. The Morgan fingerprint density at radius 1 is 0.889 bits per heavy atom. The summed E-state index contributed by atoms with van der Waals surface area (Å²) in [6.45, 7) is 6.79. The zero-order valence-corrected chi connectivity index (χ0v) is 16.5. The topological polar surface area (TPSA) is 15.7 Å². The minimum Gasteiger partial charge on any atom is -0.493 e. The van der Waals surface area contributed by atoms with Crippen LogP contribution in [0.4, 0.5) is 0 Å². The molecule has 2 aromatic rings. The van der Waals surface area contributed by atoms with Crippen molar-refractivity contribution in [2.75, 3.05) is 46.4 Å². The molecule has 0 N–H and O–H groups in total. The molecule has 0 atom stereocenters. The van der Waals surface area contributed by atoms with Gasteiger partial charge in [-0.1, -0.05) is 60.7 Å². The molecular formula is C24H32N2O. The maximum absolute atomic E-state index is 6.20. The first-order valence-electron chi connectivity index (χ1n) is 10.2. The Labute approximate surface area is 164 Å². The van der Waals surface area contributed by atoms with Crippen molar-refractivity contribution in [1.29, 1.82) is 0 Å². The first kappa shape index (κ1) is 19.7. The van der Waals surface area contributed by atoms with Crippen LogP contribution in [-0.4, -0.2) is 56.2 Å². The molecule has 0 aromatic heterocycles. The van der Waals surface area contributed by atoms with E-state index in [1.54, 1.807) is 0 Å². The van der Waals surface area contributed by atoms with Gasteiger partial charge in [0.2, 0.25) is 0 Å².